The van der Waals surface area contributed by atoms with E-state index in [0.29, 0.717) is 12.8 Å². The molecule has 0 unspecified atom stereocenters. The van der Waals surface area contributed by atoms with E-state index in [1.54, 1.807) is 30.9 Å². The molecule has 10 heteroatoms. The van der Waals surface area contributed by atoms with Gasteiger partial charge in [0.2, 0.25) is 10.0 Å². The quantitative estimate of drug-likeness (QED) is 0.469. The molecule has 3 heterocycles. The Labute approximate surface area is 201 Å². The molecule has 1 aliphatic rings. The number of likely N-dealkylation sites (tertiary alicyclic amines) is 1. The van der Waals surface area contributed by atoms with Crippen LogP contribution in [0.4, 0.5) is 0 Å². The van der Waals surface area contributed by atoms with Crippen molar-refractivity contribution in [3.8, 4) is 0 Å². The van der Waals surface area contributed by atoms with Crippen molar-refractivity contribution < 1.29 is 16.8 Å². The second-order valence-electron chi connectivity index (χ2n) is 8.52. The summed E-state index contributed by atoms with van der Waals surface area (Å²) in [5, 5.41) is 0. The molecule has 0 atom stereocenters. The number of pyridine rings is 2. The summed E-state index contributed by atoms with van der Waals surface area (Å²) in [5.41, 5.74) is 1.95. The zero-order chi connectivity index (χ0) is 24.2. The van der Waals surface area contributed by atoms with Crippen LogP contribution in [0.5, 0.6) is 0 Å². The molecule has 2 aromatic heterocycles. The van der Waals surface area contributed by atoms with E-state index in [-0.39, 0.29) is 22.4 Å². The number of hydrogen-bond donors (Lipinski definition) is 0. The van der Waals surface area contributed by atoms with E-state index in [1.807, 2.05) is 18.2 Å². The summed E-state index contributed by atoms with van der Waals surface area (Å²) in [6.45, 7) is 2.49. The predicted octanol–water partition coefficient (Wildman–Crippen LogP) is 2.74. The molecule has 8 nitrogen and oxygen atoms in total. The van der Waals surface area contributed by atoms with Gasteiger partial charge in [0.25, 0.3) is 0 Å². The van der Waals surface area contributed by atoms with Gasteiger partial charge in [-0.3, -0.25) is 14.9 Å². The predicted molar refractivity (Wildman–Crippen MR) is 129 cm³/mol. The topological polar surface area (TPSA) is 101 Å². The number of rotatable bonds is 8. The summed E-state index contributed by atoms with van der Waals surface area (Å²) in [6, 6.07) is 13.0. The Bertz CT molecular complexity index is 1310. The van der Waals surface area contributed by atoms with Gasteiger partial charge in [-0.1, -0.05) is 12.1 Å². The summed E-state index contributed by atoms with van der Waals surface area (Å²) in [5.74, 6) is 0. The minimum Gasteiger partial charge on any atom is -0.299 e. The maximum Gasteiger partial charge on any atom is 0.243 e. The molecule has 180 valence electrons. The van der Waals surface area contributed by atoms with Gasteiger partial charge in [-0.05, 0) is 60.4 Å². The van der Waals surface area contributed by atoms with E-state index >= 15 is 0 Å². The van der Waals surface area contributed by atoms with Crippen LogP contribution in [-0.2, 0) is 33.0 Å². The van der Waals surface area contributed by atoms with E-state index in [1.165, 1.54) is 34.1 Å². The molecule has 0 radical (unpaired) electrons. The monoisotopic (exact) mass is 500 g/mol. The molecule has 0 spiro atoms. The van der Waals surface area contributed by atoms with E-state index < -0.39 is 19.9 Å². The Hall–Kier alpha value is -2.66. The maximum atomic E-state index is 13.8. The largest absolute Gasteiger partial charge is 0.299 e. The van der Waals surface area contributed by atoms with Crippen molar-refractivity contribution in [1.29, 1.82) is 0 Å². The van der Waals surface area contributed by atoms with Gasteiger partial charge in [-0.15, -0.1) is 0 Å². The highest BCUT2D eigenvalue weighted by molar-refractivity contribution is 7.91. The van der Waals surface area contributed by atoms with Crippen molar-refractivity contribution in [1.82, 2.24) is 19.2 Å². The van der Waals surface area contributed by atoms with Gasteiger partial charge in [0.15, 0.2) is 9.84 Å². The Balaban J connectivity index is 1.59. The zero-order valence-corrected chi connectivity index (χ0v) is 20.6. The molecular weight excluding hydrogens is 472 g/mol. The zero-order valence-electron chi connectivity index (χ0n) is 19.0. The van der Waals surface area contributed by atoms with Crippen molar-refractivity contribution in [3.05, 3.63) is 84.4 Å². The highest BCUT2D eigenvalue weighted by Gasteiger charge is 2.34. The number of hydrogen-bond acceptors (Lipinski definition) is 7. The molecule has 1 aliphatic heterocycles. The van der Waals surface area contributed by atoms with Crippen LogP contribution in [0.3, 0.4) is 0 Å². The van der Waals surface area contributed by atoms with Gasteiger partial charge < -0.3 is 0 Å². The third kappa shape index (κ3) is 5.87. The van der Waals surface area contributed by atoms with Crippen molar-refractivity contribution in [3.63, 3.8) is 0 Å². The van der Waals surface area contributed by atoms with Gasteiger partial charge in [0, 0.05) is 63.3 Å². The van der Waals surface area contributed by atoms with Crippen molar-refractivity contribution in [2.24, 2.45) is 0 Å². The van der Waals surface area contributed by atoms with Crippen molar-refractivity contribution >= 4 is 19.9 Å². The van der Waals surface area contributed by atoms with Crippen LogP contribution in [0.15, 0.2) is 83.1 Å². The minimum absolute atomic E-state index is 0.0120. The maximum absolute atomic E-state index is 13.8. The summed E-state index contributed by atoms with van der Waals surface area (Å²) >= 11 is 0. The lowest BCUT2D eigenvalue weighted by Crippen LogP contribution is -2.46. The molecular formula is C24H28N4O4S2. The first kappa shape index (κ1) is 24.5. The minimum atomic E-state index is -3.94. The van der Waals surface area contributed by atoms with Crippen LogP contribution < -0.4 is 0 Å². The van der Waals surface area contributed by atoms with Crippen LogP contribution in [0, 0.1) is 0 Å². The average Bonchev–Trinajstić information content (AvgIpc) is 2.84. The first-order chi connectivity index (χ1) is 16.2. The van der Waals surface area contributed by atoms with Gasteiger partial charge in [0.1, 0.15) is 0 Å². The lowest BCUT2D eigenvalue weighted by molar-refractivity contribution is 0.150. The molecule has 0 amide bonds. The SMILES string of the molecule is CS(=O)(=O)c1cccc(S(=O)(=O)N(Cc2cccnc2)C2CCN(Cc3ccncc3)CC2)c1. The number of sulfonamides is 1. The molecule has 1 fully saturated rings. The summed E-state index contributed by atoms with van der Waals surface area (Å²) in [4.78, 5) is 10.5. The molecule has 0 aliphatic carbocycles. The Kier molecular flexibility index (Phi) is 7.42. The number of piperidine rings is 1. The summed E-state index contributed by atoms with van der Waals surface area (Å²) in [7, 11) is -7.48. The summed E-state index contributed by atoms with van der Waals surface area (Å²) in [6.07, 6.45) is 9.28. The standard InChI is InChI=1S/C24H28N4O4S2/c1-33(29,30)23-5-2-6-24(16-23)34(31,32)28(19-21-4-3-11-26-17-21)22-9-14-27(15-10-22)18-20-7-12-25-13-8-20/h2-8,11-13,16-17,22H,9-10,14-15,18-19H2,1H3. The summed E-state index contributed by atoms with van der Waals surface area (Å²) < 4.78 is 53.1. The smallest absolute Gasteiger partial charge is 0.243 e. The fourth-order valence-electron chi connectivity index (χ4n) is 4.19. The van der Waals surface area contributed by atoms with Crippen molar-refractivity contribution in [2.75, 3.05) is 19.3 Å². The molecule has 34 heavy (non-hydrogen) atoms. The number of sulfone groups is 1. The van der Waals surface area contributed by atoms with Gasteiger partial charge in [-0.2, -0.15) is 4.31 Å². The lowest BCUT2D eigenvalue weighted by Gasteiger charge is -2.38. The van der Waals surface area contributed by atoms with Gasteiger partial charge >= 0.3 is 0 Å². The van der Waals surface area contributed by atoms with Crippen LogP contribution in [0.25, 0.3) is 0 Å². The van der Waals surface area contributed by atoms with Crippen LogP contribution in [-0.4, -0.2) is 61.4 Å². The van der Waals surface area contributed by atoms with E-state index in [4.69, 9.17) is 0 Å². The normalized spacial score (nSPS) is 16.1. The molecule has 0 saturated carbocycles. The average molecular weight is 501 g/mol. The first-order valence-electron chi connectivity index (χ1n) is 11.1. The first-order valence-corrected chi connectivity index (χ1v) is 14.4. The molecule has 3 aromatic rings. The fourth-order valence-corrected chi connectivity index (χ4v) is 6.66. The molecule has 4 rings (SSSR count). The number of aromatic nitrogens is 2. The van der Waals surface area contributed by atoms with E-state index in [9.17, 15) is 16.8 Å². The van der Waals surface area contributed by atoms with E-state index in [0.717, 1.165) is 31.5 Å². The molecule has 0 bridgehead atoms. The second-order valence-corrected chi connectivity index (χ2v) is 12.4. The highest BCUT2D eigenvalue weighted by atomic mass is 32.2. The fraction of sp³-hybridized carbons (Fsp3) is 0.333. The third-order valence-electron chi connectivity index (χ3n) is 6.02. The number of benzene rings is 1. The van der Waals surface area contributed by atoms with Gasteiger partial charge in [-0.25, -0.2) is 16.8 Å². The number of nitrogens with zero attached hydrogens (tertiary/aromatic N) is 4. The van der Waals surface area contributed by atoms with Crippen molar-refractivity contribution in [2.45, 2.75) is 41.8 Å². The molecule has 1 saturated heterocycles. The highest BCUT2D eigenvalue weighted by Crippen LogP contribution is 2.28. The molecule has 0 N–H and O–H groups in total. The van der Waals surface area contributed by atoms with Gasteiger partial charge in [0.05, 0.1) is 9.79 Å². The Morgan fingerprint density at radius 1 is 0.882 bits per heavy atom. The molecule has 1 aromatic carbocycles. The van der Waals surface area contributed by atoms with Crippen LogP contribution in [0.1, 0.15) is 24.0 Å². The van der Waals surface area contributed by atoms with Crippen LogP contribution >= 0.6 is 0 Å². The van der Waals surface area contributed by atoms with Crippen LogP contribution in [0.2, 0.25) is 0 Å². The third-order valence-corrected chi connectivity index (χ3v) is 9.03. The van der Waals surface area contributed by atoms with E-state index in [2.05, 4.69) is 14.9 Å². The lowest BCUT2D eigenvalue weighted by atomic mass is 10.0. The Morgan fingerprint density at radius 2 is 1.59 bits per heavy atom. The Morgan fingerprint density at radius 3 is 2.24 bits per heavy atom. The second kappa shape index (κ2) is 10.3.